The molecule has 6 heteroatoms. The molecule has 2 aromatic carbocycles. The maximum Gasteiger partial charge on any atom is 0.142 e. The summed E-state index contributed by atoms with van der Waals surface area (Å²) < 4.78 is 21.0. The molecule has 1 saturated heterocycles. The molecule has 3 aromatic rings. The number of hydrogen-bond acceptors (Lipinski definition) is 3. The Labute approximate surface area is 164 Å². The van der Waals surface area contributed by atoms with Crippen molar-refractivity contribution in [2.24, 2.45) is 0 Å². The van der Waals surface area contributed by atoms with Crippen LogP contribution in [0.25, 0.3) is 10.9 Å². The van der Waals surface area contributed by atoms with Gasteiger partial charge < -0.3 is 9.64 Å². The molecule has 0 bridgehead atoms. The molecule has 2 heterocycles. The highest BCUT2D eigenvalue weighted by Gasteiger charge is 2.27. The van der Waals surface area contributed by atoms with Gasteiger partial charge in [-0.3, -0.25) is 4.98 Å². The Balaban J connectivity index is 1.59. The van der Waals surface area contributed by atoms with Crippen LogP contribution in [0.15, 0.2) is 53.1 Å². The molecule has 0 radical (unpaired) electrons. The summed E-state index contributed by atoms with van der Waals surface area (Å²) in [5, 5.41) is 0.878. The van der Waals surface area contributed by atoms with Gasteiger partial charge in [-0.2, -0.15) is 0 Å². The molecule has 134 valence electrons. The zero-order valence-electron chi connectivity index (χ0n) is 14.0. The third-order valence-electron chi connectivity index (χ3n) is 4.70. The summed E-state index contributed by atoms with van der Waals surface area (Å²) in [5.74, 6) is 0.424. The van der Waals surface area contributed by atoms with Crippen molar-refractivity contribution in [1.29, 1.82) is 0 Å². The molecule has 26 heavy (non-hydrogen) atoms. The average molecular weight is 436 g/mol. The first-order valence-corrected chi connectivity index (χ1v) is 9.68. The number of benzene rings is 2. The van der Waals surface area contributed by atoms with Crippen molar-refractivity contribution >= 4 is 44.1 Å². The zero-order valence-corrected chi connectivity index (χ0v) is 16.3. The minimum absolute atomic E-state index is 0.0960. The van der Waals surface area contributed by atoms with Crippen molar-refractivity contribution in [3.05, 3.63) is 64.0 Å². The molecular formula is C20H17BrClFN2O. The number of aromatic nitrogens is 1. The second-order valence-electron chi connectivity index (χ2n) is 6.37. The van der Waals surface area contributed by atoms with Gasteiger partial charge in [0.15, 0.2) is 0 Å². The van der Waals surface area contributed by atoms with Crippen molar-refractivity contribution in [3.63, 3.8) is 0 Å². The number of ether oxygens (including phenoxy) is 1. The van der Waals surface area contributed by atoms with Crippen LogP contribution in [0.1, 0.15) is 12.8 Å². The number of hydrogen-bond donors (Lipinski definition) is 0. The van der Waals surface area contributed by atoms with E-state index in [0.717, 1.165) is 40.7 Å². The maximum atomic E-state index is 14.0. The number of nitrogens with zero attached hydrogens (tertiary/aromatic N) is 2. The minimum Gasteiger partial charge on any atom is -0.491 e. The molecule has 0 N–H and O–H groups in total. The van der Waals surface area contributed by atoms with E-state index in [-0.39, 0.29) is 11.1 Å². The number of rotatable bonds is 4. The van der Waals surface area contributed by atoms with Gasteiger partial charge in [-0.05, 0) is 55.3 Å². The number of fused-ring (bicyclic) bond motifs is 1. The monoisotopic (exact) mass is 434 g/mol. The molecule has 0 unspecified atom stereocenters. The third kappa shape index (κ3) is 3.51. The first kappa shape index (κ1) is 17.6. The van der Waals surface area contributed by atoms with E-state index < -0.39 is 5.82 Å². The standard InChI is InChI=1S/C20H17BrClFN2O/c21-13-3-5-15(6-4-13)26-12-14-2-1-9-25(14)20-7-8-24-19-11-17(22)18(23)10-16(19)20/h3-8,10-11,14H,1-2,9,12H2/t14-/m0/s1. The Kier molecular flexibility index (Phi) is 5.00. The zero-order chi connectivity index (χ0) is 18.1. The molecule has 1 aliphatic rings. The van der Waals surface area contributed by atoms with Crippen LogP contribution in [0.3, 0.4) is 0 Å². The van der Waals surface area contributed by atoms with Crippen molar-refractivity contribution in [2.45, 2.75) is 18.9 Å². The van der Waals surface area contributed by atoms with Crippen molar-refractivity contribution < 1.29 is 9.13 Å². The summed E-state index contributed by atoms with van der Waals surface area (Å²) in [6.45, 7) is 1.50. The average Bonchev–Trinajstić information content (AvgIpc) is 3.10. The largest absolute Gasteiger partial charge is 0.491 e. The molecule has 1 atom stereocenters. The molecule has 1 fully saturated rings. The van der Waals surface area contributed by atoms with Crippen LogP contribution < -0.4 is 9.64 Å². The van der Waals surface area contributed by atoms with Gasteiger partial charge in [0.05, 0.1) is 16.6 Å². The lowest BCUT2D eigenvalue weighted by Gasteiger charge is -2.28. The van der Waals surface area contributed by atoms with Crippen LogP contribution >= 0.6 is 27.5 Å². The highest BCUT2D eigenvalue weighted by atomic mass is 79.9. The second-order valence-corrected chi connectivity index (χ2v) is 7.69. The van der Waals surface area contributed by atoms with E-state index >= 15 is 0 Å². The fourth-order valence-electron chi connectivity index (χ4n) is 3.43. The lowest BCUT2D eigenvalue weighted by atomic mass is 10.1. The normalized spacial score (nSPS) is 17.0. The molecule has 4 rings (SSSR count). The number of halogens is 3. The summed E-state index contributed by atoms with van der Waals surface area (Å²) in [6.07, 6.45) is 3.86. The topological polar surface area (TPSA) is 25.4 Å². The Morgan fingerprint density at radius 2 is 2.04 bits per heavy atom. The van der Waals surface area contributed by atoms with Crippen molar-refractivity contribution in [1.82, 2.24) is 4.98 Å². The summed E-state index contributed by atoms with van der Waals surface area (Å²) in [6, 6.07) is 13.1. The van der Waals surface area contributed by atoms with Gasteiger partial charge in [-0.1, -0.05) is 27.5 Å². The van der Waals surface area contributed by atoms with Gasteiger partial charge in [-0.25, -0.2) is 4.39 Å². The number of pyridine rings is 1. The predicted octanol–water partition coefficient (Wildman–Crippen LogP) is 5.84. The van der Waals surface area contributed by atoms with Crippen LogP contribution in [0.5, 0.6) is 5.75 Å². The van der Waals surface area contributed by atoms with Gasteiger partial charge in [0.25, 0.3) is 0 Å². The quantitative estimate of drug-likeness (QED) is 0.515. The van der Waals surface area contributed by atoms with Gasteiger partial charge in [0, 0.05) is 28.3 Å². The molecule has 0 aliphatic carbocycles. The Hall–Kier alpha value is -1.85. The Bertz CT molecular complexity index is 935. The molecular weight excluding hydrogens is 419 g/mol. The van der Waals surface area contributed by atoms with E-state index in [1.165, 1.54) is 6.07 Å². The molecule has 1 aliphatic heterocycles. The van der Waals surface area contributed by atoms with Crippen LogP contribution in [-0.2, 0) is 0 Å². The van der Waals surface area contributed by atoms with Crippen molar-refractivity contribution in [2.75, 3.05) is 18.1 Å². The van der Waals surface area contributed by atoms with Gasteiger partial charge in [-0.15, -0.1) is 0 Å². The maximum absolute atomic E-state index is 14.0. The van der Waals surface area contributed by atoms with Crippen molar-refractivity contribution in [3.8, 4) is 5.75 Å². The molecule has 0 saturated carbocycles. The fourth-order valence-corrected chi connectivity index (χ4v) is 3.85. The third-order valence-corrected chi connectivity index (χ3v) is 5.52. The molecule has 3 nitrogen and oxygen atoms in total. The Morgan fingerprint density at radius 3 is 2.85 bits per heavy atom. The highest BCUT2D eigenvalue weighted by molar-refractivity contribution is 9.10. The summed E-state index contributed by atoms with van der Waals surface area (Å²) >= 11 is 9.33. The molecule has 1 aromatic heterocycles. The second kappa shape index (κ2) is 7.41. The smallest absolute Gasteiger partial charge is 0.142 e. The SMILES string of the molecule is Fc1cc2c(N3CCC[C@H]3COc3ccc(Br)cc3)ccnc2cc1Cl. The molecule has 0 amide bonds. The van der Waals surface area contributed by atoms with Crippen LogP contribution in [0, 0.1) is 5.82 Å². The van der Waals surface area contributed by atoms with E-state index in [1.54, 1.807) is 12.3 Å². The van der Waals surface area contributed by atoms with Crippen LogP contribution in [0.4, 0.5) is 10.1 Å². The Morgan fingerprint density at radius 1 is 1.23 bits per heavy atom. The summed E-state index contributed by atoms with van der Waals surface area (Å²) in [7, 11) is 0. The van der Waals surface area contributed by atoms with Gasteiger partial charge in [0.2, 0.25) is 0 Å². The van der Waals surface area contributed by atoms with E-state index in [0.29, 0.717) is 12.1 Å². The van der Waals surface area contributed by atoms with Gasteiger partial charge in [0.1, 0.15) is 18.2 Å². The summed E-state index contributed by atoms with van der Waals surface area (Å²) in [4.78, 5) is 6.62. The first-order chi connectivity index (χ1) is 12.6. The van der Waals surface area contributed by atoms with E-state index in [9.17, 15) is 4.39 Å². The van der Waals surface area contributed by atoms with E-state index in [4.69, 9.17) is 16.3 Å². The van der Waals surface area contributed by atoms with Crippen LogP contribution in [-0.4, -0.2) is 24.2 Å². The minimum atomic E-state index is -0.421. The predicted molar refractivity (Wildman–Crippen MR) is 107 cm³/mol. The van der Waals surface area contributed by atoms with Crippen LogP contribution in [0.2, 0.25) is 5.02 Å². The lowest BCUT2D eigenvalue weighted by molar-refractivity contribution is 0.288. The summed E-state index contributed by atoms with van der Waals surface area (Å²) in [5.41, 5.74) is 1.68. The number of anilines is 1. The fraction of sp³-hybridized carbons (Fsp3) is 0.250. The molecule has 0 spiro atoms. The first-order valence-electron chi connectivity index (χ1n) is 8.50. The van der Waals surface area contributed by atoms with E-state index in [1.807, 2.05) is 30.3 Å². The highest BCUT2D eigenvalue weighted by Crippen LogP contribution is 2.33. The van der Waals surface area contributed by atoms with Gasteiger partial charge >= 0.3 is 0 Å². The van der Waals surface area contributed by atoms with E-state index in [2.05, 4.69) is 25.8 Å². The lowest BCUT2D eigenvalue weighted by Crippen LogP contribution is -2.34.